The average molecular weight is 488 g/mol. The number of rotatable bonds is 8. The maximum atomic E-state index is 13.7. The van der Waals surface area contributed by atoms with E-state index < -0.39 is 10.0 Å². The fourth-order valence-electron chi connectivity index (χ4n) is 3.86. The van der Waals surface area contributed by atoms with Gasteiger partial charge in [0.1, 0.15) is 17.3 Å². The second-order valence-electron chi connectivity index (χ2n) is 7.96. The third-order valence-corrected chi connectivity index (χ3v) is 7.10. The van der Waals surface area contributed by atoms with Gasteiger partial charge in [-0.1, -0.05) is 6.07 Å². The number of benzene rings is 2. The first-order valence-electron chi connectivity index (χ1n) is 10.8. The van der Waals surface area contributed by atoms with Gasteiger partial charge in [0, 0.05) is 43.9 Å². The van der Waals surface area contributed by atoms with Crippen LogP contribution in [0.1, 0.15) is 21.7 Å². The van der Waals surface area contributed by atoms with E-state index in [9.17, 15) is 17.6 Å². The largest absolute Gasteiger partial charge is 0.496 e. The molecule has 1 aromatic heterocycles. The van der Waals surface area contributed by atoms with Gasteiger partial charge in [0.15, 0.2) is 0 Å². The van der Waals surface area contributed by atoms with Gasteiger partial charge >= 0.3 is 0 Å². The lowest BCUT2D eigenvalue weighted by Gasteiger charge is -2.35. The summed E-state index contributed by atoms with van der Waals surface area (Å²) in [7, 11) is -2.26. The molecule has 4 rings (SSSR count). The van der Waals surface area contributed by atoms with E-state index in [0.717, 1.165) is 5.56 Å². The Labute approximate surface area is 198 Å². The topological polar surface area (TPSA) is 92.1 Å². The molecule has 1 amide bonds. The molecular formula is C24H26FN3O5S. The first-order chi connectivity index (χ1) is 16.4. The van der Waals surface area contributed by atoms with E-state index in [1.807, 2.05) is 0 Å². The molecule has 10 heteroatoms. The highest BCUT2D eigenvalue weighted by atomic mass is 32.2. The van der Waals surface area contributed by atoms with Crippen LogP contribution in [0.15, 0.2) is 70.2 Å². The molecule has 1 N–H and O–H groups in total. The fraction of sp³-hybridized carbons (Fsp3) is 0.292. The molecular weight excluding hydrogens is 461 g/mol. The molecule has 0 atom stereocenters. The molecule has 0 unspecified atom stereocenters. The highest BCUT2D eigenvalue weighted by molar-refractivity contribution is 7.89. The molecule has 3 aromatic rings. The molecule has 1 aliphatic rings. The average Bonchev–Trinajstić information content (AvgIpc) is 3.37. The van der Waals surface area contributed by atoms with E-state index in [-0.39, 0.29) is 23.2 Å². The van der Waals surface area contributed by atoms with Crippen LogP contribution < -0.4 is 9.46 Å². The van der Waals surface area contributed by atoms with Crippen LogP contribution in [0, 0.1) is 5.82 Å². The van der Waals surface area contributed by atoms with Crippen molar-refractivity contribution in [2.45, 2.75) is 18.0 Å². The summed E-state index contributed by atoms with van der Waals surface area (Å²) in [5.74, 6) is 0.562. The molecule has 1 fully saturated rings. The van der Waals surface area contributed by atoms with Gasteiger partial charge in [-0.05, 0) is 48.5 Å². The fourth-order valence-corrected chi connectivity index (χ4v) is 4.90. The number of carbonyl (C=O) groups excluding carboxylic acids is 1. The van der Waals surface area contributed by atoms with Crippen LogP contribution in [0.25, 0.3) is 0 Å². The van der Waals surface area contributed by atoms with Gasteiger partial charge in [-0.15, -0.1) is 0 Å². The minimum Gasteiger partial charge on any atom is -0.496 e. The van der Waals surface area contributed by atoms with E-state index >= 15 is 0 Å². The highest BCUT2D eigenvalue weighted by Crippen LogP contribution is 2.22. The normalized spacial score (nSPS) is 14.8. The molecule has 0 saturated carbocycles. The van der Waals surface area contributed by atoms with Crippen LogP contribution in [0.4, 0.5) is 4.39 Å². The van der Waals surface area contributed by atoms with Crippen LogP contribution in [0.2, 0.25) is 0 Å². The second-order valence-corrected chi connectivity index (χ2v) is 9.72. The lowest BCUT2D eigenvalue weighted by Crippen LogP contribution is -2.48. The molecule has 0 bridgehead atoms. The minimum absolute atomic E-state index is 0.0155. The summed E-state index contributed by atoms with van der Waals surface area (Å²) in [6.07, 6.45) is 1.47. The van der Waals surface area contributed by atoms with E-state index in [1.165, 1.54) is 30.5 Å². The van der Waals surface area contributed by atoms with Gasteiger partial charge in [-0.25, -0.2) is 17.5 Å². The van der Waals surface area contributed by atoms with Gasteiger partial charge in [-0.3, -0.25) is 9.69 Å². The molecule has 8 nitrogen and oxygen atoms in total. The number of nitrogens with zero attached hydrogens (tertiary/aromatic N) is 2. The van der Waals surface area contributed by atoms with Crippen molar-refractivity contribution in [3.05, 3.63) is 83.6 Å². The summed E-state index contributed by atoms with van der Waals surface area (Å²) in [4.78, 5) is 16.9. The smallest absolute Gasteiger partial charge is 0.253 e. The van der Waals surface area contributed by atoms with E-state index in [0.29, 0.717) is 49.8 Å². The first-order valence-corrected chi connectivity index (χ1v) is 12.3. The number of amides is 1. The Morgan fingerprint density at radius 2 is 1.88 bits per heavy atom. The SMILES string of the molecule is COc1ccc(F)cc1CN1CCN(C(=O)c2cccc(S(=O)(=O)NCc3ccco3)c2)CC1. The number of carbonyl (C=O) groups is 1. The molecule has 1 aliphatic heterocycles. The number of methoxy groups -OCH3 is 1. The molecule has 0 radical (unpaired) electrons. The lowest BCUT2D eigenvalue weighted by atomic mass is 10.1. The Morgan fingerprint density at radius 1 is 1.09 bits per heavy atom. The first kappa shape index (κ1) is 23.9. The second kappa shape index (κ2) is 10.4. The zero-order valence-electron chi connectivity index (χ0n) is 18.7. The number of piperazine rings is 1. The summed E-state index contributed by atoms with van der Waals surface area (Å²) in [6, 6.07) is 13.8. The number of hydrogen-bond donors (Lipinski definition) is 1. The zero-order chi connectivity index (χ0) is 24.1. The van der Waals surface area contributed by atoms with Crippen LogP contribution >= 0.6 is 0 Å². The zero-order valence-corrected chi connectivity index (χ0v) is 19.6. The van der Waals surface area contributed by atoms with Crippen molar-refractivity contribution in [1.29, 1.82) is 0 Å². The minimum atomic E-state index is -3.81. The molecule has 2 heterocycles. The number of hydrogen-bond acceptors (Lipinski definition) is 6. The summed E-state index contributed by atoms with van der Waals surface area (Å²) >= 11 is 0. The Kier molecular flexibility index (Phi) is 7.30. The lowest BCUT2D eigenvalue weighted by molar-refractivity contribution is 0.0627. The summed E-state index contributed by atoms with van der Waals surface area (Å²) < 4.78 is 51.9. The molecule has 0 aliphatic carbocycles. The van der Waals surface area contributed by atoms with Crippen molar-refractivity contribution < 1.29 is 26.8 Å². The standard InChI is InChI=1S/C24H26FN3O5S/c1-32-23-8-7-20(25)14-19(23)17-27-9-11-28(12-10-27)24(29)18-4-2-6-22(15-18)34(30,31)26-16-21-5-3-13-33-21/h2-8,13-15,26H,9-12,16-17H2,1H3. The molecule has 0 spiro atoms. The Balaban J connectivity index is 1.37. The van der Waals surface area contributed by atoms with Crippen LogP contribution in [0.5, 0.6) is 5.75 Å². The summed E-state index contributed by atoms with van der Waals surface area (Å²) in [5, 5.41) is 0. The molecule has 1 saturated heterocycles. The van der Waals surface area contributed by atoms with Crippen LogP contribution in [-0.4, -0.2) is 57.4 Å². The van der Waals surface area contributed by atoms with Crippen molar-refractivity contribution in [2.24, 2.45) is 0 Å². The van der Waals surface area contributed by atoms with Crippen LogP contribution in [0.3, 0.4) is 0 Å². The van der Waals surface area contributed by atoms with Gasteiger partial charge in [0.25, 0.3) is 5.91 Å². The molecule has 2 aromatic carbocycles. The predicted octanol–water partition coefficient (Wildman–Crippen LogP) is 2.86. The van der Waals surface area contributed by atoms with Crippen molar-refractivity contribution in [3.63, 3.8) is 0 Å². The maximum Gasteiger partial charge on any atom is 0.253 e. The summed E-state index contributed by atoms with van der Waals surface area (Å²) in [5.41, 5.74) is 1.06. The van der Waals surface area contributed by atoms with Gasteiger partial charge < -0.3 is 14.1 Å². The van der Waals surface area contributed by atoms with Crippen molar-refractivity contribution in [2.75, 3.05) is 33.3 Å². The monoisotopic (exact) mass is 487 g/mol. The van der Waals surface area contributed by atoms with Crippen molar-refractivity contribution in [3.8, 4) is 5.75 Å². The van der Waals surface area contributed by atoms with Crippen LogP contribution in [-0.2, 0) is 23.1 Å². The van der Waals surface area contributed by atoms with E-state index in [2.05, 4.69) is 9.62 Å². The van der Waals surface area contributed by atoms with Gasteiger partial charge in [-0.2, -0.15) is 0 Å². The van der Waals surface area contributed by atoms with Gasteiger partial charge in [0.2, 0.25) is 10.0 Å². The Bertz CT molecular complexity index is 1240. The third kappa shape index (κ3) is 5.64. The number of furan rings is 1. The Hall–Kier alpha value is -3.21. The Morgan fingerprint density at radius 3 is 2.59 bits per heavy atom. The third-order valence-electron chi connectivity index (χ3n) is 5.70. The van der Waals surface area contributed by atoms with E-state index in [4.69, 9.17) is 9.15 Å². The molecule has 34 heavy (non-hydrogen) atoms. The predicted molar refractivity (Wildman–Crippen MR) is 123 cm³/mol. The summed E-state index contributed by atoms with van der Waals surface area (Å²) in [6.45, 7) is 2.69. The number of nitrogens with one attached hydrogen (secondary N) is 1. The maximum absolute atomic E-state index is 13.7. The number of ether oxygens (including phenoxy) is 1. The quantitative estimate of drug-likeness (QED) is 0.525. The van der Waals surface area contributed by atoms with E-state index in [1.54, 1.807) is 42.3 Å². The van der Waals surface area contributed by atoms with Crippen molar-refractivity contribution in [1.82, 2.24) is 14.5 Å². The van der Waals surface area contributed by atoms with Gasteiger partial charge in [0.05, 0.1) is 24.8 Å². The highest BCUT2D eigenvalue weighted by Gasteiger charge is 2.24. The number of sulfonamides is 1. The number of halogens is 1. The van der Waals surface area contributed by atoms with Crippen molar-refractivity contribution >= 4 is 15.9 Å². The molecule has 180 valence electrons.